The van der Waals surface area contributed by atoms with E-state index in [1.807, 2.05) is 12.1 Å². The molecule has 8 heteroatoms. The van der Waals surface area contributed by atoms with E-state index < -0.39 is 10.0 Å². The molecule has 0 radical (unpaired) electrons. The first-order valence-corrected chi connectivity index (χ1v) is 9.83. The van der Waals surface area contributed by atoms with Crippen molar-refractivity contribution >= 4 is 26.0 Å². The molecular formula is C17H20BrNO5S. The van der Waals surface area contributed by atoms with Gasteiger partial charge >= 0.3 is 0 Å². The normalized spacial score (nSPS) is 11.2. The van der Waals surface area contributed by atoms with Crippen molar-refractivity contribution in [3.63, 3.8) is 0 Å². The molecule has 0 aliphatic carbocycles. The molecule has 0 saturated carbocycles. The smallest absolute Gasteiger partial charge is 0.216 e. The van der Waals surface area contributed by atoms with Gasteiger partial charge in [-0.25, -0.2) is 13.1 Å². The lowest BCUT2D eigenvalue weighted by atomic mass is 10.2. The fraction of sp³-hybridized carbons (Fsp3) is 0.294. The third kappa shape index (κ3) is 5.35. The van der Waals surface area contributed by atoms with E-state index in [4.69, 9.17) is 14.2 Å². The molecule has 0 fully saturated rings. The molecule has 0 unspecified atom stereocenters. The number of hydrogen-bond acceptors (Lipinski definition) is 5. The van der Waals surface area contributed by atoms with Crippen LogP contribution in [0.5, 0.6) is 17.2 Å². The van der Waals surface area contributed by atoms with Gasteiger partial charge in [0, 0.05) is 11.0 Å². The molecule has 2 rings (SSSR count). The van der Waals surface area contributed by atoms with Gasteiger partial charge in [0.1, 0.15) is 0 Å². The van der Waals surface area contributed by atoms with Crippen LogP contribution in [0.15, 0.2) is 40.9 Å². The third-order valence-corrected chi connectivity index (χ3v) is 5.32. The van der Waals surface area contributed by atoms with Gasteiger partial charge in [-0.2, -0.15) is 0 Å². The third-order valence-electron chi connectivity index (χ3n) is 3.49. The summed E-state index contributed by atoms with van der Waals surface area (Å²) in [6.45, 7) is 0.121. The maximum absolute atomic E-state index is 12.3. The van der Waals surface area contributed by atoms with Crippen LogP contribution < -0.4 is 18.9 Å². The first-order chi connectivity index (χ1) is 11.9. The van der Waals surface area contributed by atoms with Gasteiger partial charge in [0.2, 0.25) is 15.8 Å². The van der Waals surface area contributed by atoms with Gasteiger partial charge in [-0.3, -0.25) is 0 Å². The number of rotatable bonds is 8. The summed E-state index contributed by atoms with van der Waals surface area (Å²) in [7, 11) is 1.06. The molecule has 0 bridgehead atoms. The van der Waals surface area contributed by atoms with Gasteiger partial charge in [-0.15, -0.1) is 0 Å². The summed E-state index contributed by atoms with van der Waals surface area (Å²) >= 11 is 3.33. The topological polar surface area (TPSA) is 73.9 Å². The van der Waals surface area contributed by atoms with Gasteiger partial charge in [-0.05, 0) is 35.4 Å². The molecule has 2 aromatic carbocycles. The van der Waals surface area contributed by atoms with Gasteiger partial charge in [0.25, 0.3) is 0 Å². The Bertz CT molecular complexity index is 796. The maximum Gasteiger partial charge on any atom is 0.216 e. The summed E-state index contributed by atoms with van der Waals surface area (Å²) in [5, 5.41) is 0. The molecule has 6 nitrogen and oxygen atoms in total. The minimum absolute atomic E-state index is 0.0926. The Morgan fingerprint density at radius 1 is 0.920 bits per heavy atom. The average Bonchev–Trinajstić information content (AvgIpc) is 2.60. The second kappa shape index (κ2) is 8.55. The van der Waals surface area contributed by atoms with E-state index in [1.165, 1.54) is 21.3 Å². The number of nitrogens with one attached hydrogen (secondary N) is 1. The number of ether oxygens (including phenoxy) is 3. The van der Waals surface area contributed by atoms with Crippen LogP contribution in [0.4, 0.5) is 0 Å². The monoisotopic (exact) mass is 429 g/mol. The van der Waals surface area contributed by atoms with Crippen LogP contribution in [0.1, 0.15) is 11.1 Å². The molecule has 136 valence electrons. The van der Waals surface area contributed by atoms with Crippen LogP contribution in [0.25, 0.3) is 0 Å². The molecular weight excluding hydrogens is 410 g/mol. The van der Waals surface area contributed by atoms with E-state index in [9.17, 15) is 8.42 Å². The lowest BCUT2D eigenvalue weighted by Gasteiger charge is -2.14. The zero-order valence-corrected chi connectivity index (χ0v) is 16.6. The quantitative estimate of drug-likeness (QED) is 0.697. The first-order valence-electron chi connectivity index (χ1n) is 7.39. The highest BCUT2D eigenvalue weighted by atomic mass is 79.9. The van der Waals surface area contributed by atoms with Crippen molar-refractivity contribution in [2.75, 3.05) is 21.3 Å². The maximum atomic E-state index is 12.3. The van der Waals surface area contributed by atoms with Gasteiger partial charge < -0.3 is 14.2 Å². The van der Waals surface area contributed by atoms with Crippen LogP contribution >= 0.6 is 15.9 Å². The van der Waals surface area contributed by atoms with Gasteiger partial charge in [-0.1, -0.05) is 28.1 Å². The lowest BCUT2D eigenvalue weighted by molar-refractivity contribution is 0.323. The highest BCUT2D eigenvalue weighted by molar-refractivity contribution is 9.10. The lowest BCUT2D eigenvalue weighted by Crippen LogP contribution is -2.24. The predicted octanol–water partition coefficient (Wildman–Crippen LogP) is 3.09. The Kier molecular flexibility index (Phi) is 6.69. The molecule has 0 heterocycles. The van der Waals surface area contributed by atoms with Crippen molar-refractivity contribution in [2.45, 2.75) is 12.3 Å². The molecule has 2 aromatic rings. The molecule has 25 heavy (non-hydrogen) atoms. The van der Waals surface area contributed by atoms with Crippen molar-refractivity contribution in [3.05, 3.63) is 52.0 Å². The molecule has 1 N–H and O–H groups in total. The fourth-order valence-corrected chi connectivity index (χ4v) is 3.67. The Morgan fingerprint density at radius 3 is 1.96 bits per heavy atom. The van der Waals surface area contributed by atoms with Crippen molar-refractivity contribution in [1.82, 2.24) is 4.72 Å². The zero-order valence-electron chi connectivity index (χ0n) is 14.2. The minimum Gasteiger partial charge on any atom is -0.493 e. The molecule has 0 saturated heterocycles. The Balaban J connectivity index is 2.12. The summed E-state index contributed by atoms with van der Waals surface area (Å²) in [5.41, 5.74) is 1.41. The summed E-state index contributed by atoms with van der Waals surface area (Å²) in [5.74, 6) is 1.32. The number of hydrogen-bond donors (Lipinski definition) is 1. The number of sulfonamides is 1. The van der Waals surface area contributed by atoms with Crippen LogP contribution in [0.3, 0.4) is 0 Å². The molecule has 0 amide bonds. The van der Waals surface area contributed by atoms with E-state index in [0.717, 1.165) is 4.47 Å². The number of halogens is 1. The minimum atomic E-state index is -3.48. The van der Waals surface area contributed by atoms with E-state index in [1.54, 1.807) is 24.3 Å². The van der Waals surface area contributed by atoms with Crippen molar-refractivity contribution in [1.29, 1.82) is 0 Å². The van der Waals surface area contributed by atoms with Crippen LogP contribution in [0, 0.1) is 0 Å². The van der Waals surface area contributed by atoms with E-state index in [0.29, 0.717) is 28.4 Å². The number of methoxy groups -OCH3 is 3. The Hall–Kier alpha value is -1.77. The second-order valence-electron chi connectivity index (χ2n) is 5.24. The van der Waals surface area contributed by atoms with Crippen molar-refractivity contribution in [3.8, 4) is 17.2 Å². The summed E-state index contributed by atoms with van der Waals surface area (Å²) in [4.78, 5) is 0. The van der Waals surface area contributed by atoms with E-state index in [-0.39, 0.29) is 12.3 Å². The van der Waals surface area contributed by atoms with Crippen molar-refractivity contribution < 1.29 is 22.6 Å². The molecule has 0 aliphatic rings. The molecule has 0 atom stereocenters. The highest BCUT2D eigenvalue weighted by Gasteiger charge is 2.16. The van der Waals surface area contributed by atoms with Crippen molar-refractivity contribution in [2.24, 2.45) is 0 Å². The SMILES string of the molecule is COc1cc(CNS(=O)(=O)Cc2ccc(Br)cc2)cc(OC)c1OC. The number of benzene rings is 2. The fourth-order valence-electron chi connectivity index (χ4n) is 2.28. The average molecular weight is 430 g/mol. The summed E-state index contributed by atoms with van der Waals surface area (Å²) in [6, 6.07) is 10.6. The van der Waals surface area contributed by atoms with Crippen LogP contribution in [0.2, 0.25) is 0 Å². The summed E-state index contributed by atoms with van der Waals surface area (Å²) < 4.78 is 43.8. The standard InChI is InChI=1S/C17H20BrNO5S/c1-22-15-8-13(9-16(23-2)17(15)24-3)10-19-25(20,21)11-12-4-6-14(18)7-5-12/h4-9,19H,10-11H2,1-3H3. The highest BCUT2D eigenvalue weighted by Crippen LogP contribution is 2.38. The first kappa shape index (κ1) is 19.6. The zero-order chi connectivity index (χ0) is 18.4. The molecule has 0 aromatic heterocycles. The van der Waals surface area contributed by atoms with Gasteiger partial charge in [0.05, 0.1) is 27.1 Å². The Labute approximate surface area is 156 Å². The van der Waals surface area contributed by atoms with Crippen LogP contribution in [-0.2, 0) is 22.3 Å². The second-order valence-corrected chi connectivity index (χ2v) is 7.96. The molecule has 0 spiro atoms. The van der Waals surface area contributed by atoms with Crippen LogP contribution in [-0.4, -0.2) is 29.7 Å². The van der Waals surface area contributed by atoms with E-state index in [2.05, 4.69) is 20.7 Å². The largest absolute Gasteiger partial charge is 0.493 e. The summed E-state index contributed by atoms with van der Waals surface area (Å²) in [6.07, 6.45) is 0. The predicted molar refractivity (Wildman–Crippen MR) is 99.7 cm³/mol. The molecule has 0 aliphatic heterocycles. The van der Waals surface area contributed by atoms with Gasteiger partial charge in [0.15, 0.2) is 11.5 Å². The van der Waals surface area contributed by atoms with E-state index >= 15 is 0 Å². The Morgan fingerprint density at radius 2 is 1.48 bits per heavy atom.